The van der Waals surface area contributed by atoms with Gasteiger partial charge in [0.05, 0.1) is 5.69 Å². The molecule has 0 bridgehead atoms. The first-order valence-electron chi connectivity index (χ1n) is 12.8. The predicted octanol–water partition coefficient (Wildman–Crippen LogP) is 7.42. The molecule has 3 N–H and O–H groups in total. The first-order valence-corrected chi connectivity index (χ1v) is 13.7. The van der Waals surface area contributed by atoms with E-state index in [4.69, 9.17) is 10.7 Å². The fourth-order valence-electron chi connectivity index (χ4n) is 4.67. The number of allylic oxidation sites excluding steroid dienone is 1. The average Bonchev–Trinajstić information content (AvgIpc) is 3.06. The number of aryl methyl sites for hydroxylation is 2. The van der Waals surface area contributed by atoms with Crippen molar-refractivity contribution in [1.82, 2.24) is 4.98 Å². The highest BCUT2D eigenvalue weighted by molar-refractivity contribution is 7.21. The van der Waals surface area contributed by atoms with Gasteiger partial charge in [-0.3, -0.25) is 9.59 Å². The number of anilines is 2. The quantitative estimate of drug-likeness (QED) is 0.161. The molecule has 2 heterocycles. The minimum Gasteiger partial charge on any atom is -0.397 e. The number of fused-ring (bicyclic) bond motifs is 2. The van der Waals surface area contributed by atoms with E-state index in [-0.39, 0.29) is 11.7 Å². The second kappa shape index (κ2) is 10.7. The van der Waals surface area contributed by atoms with Crippen molar-refractivity contribution in [2.75, 3.05) is 11.1 Å². The van der Waals surface area contributed by atoms with Crippen molar-refractivity contribution in [3.8, 4) is 0 Å². The maximum Gasteiger partial charge on any atom is 0.267 e. The Morgan fingerprint density at radius 3 is 2.46 bits per heavy atom. The molecule has 4 aromatic rings. The van der Waals surface area contributed by atoms with Crippen LogP contribution in [0.3, 0.4) is 0 Å². The molecule has 0 saturated carbocycles. The van der Waals surface area contributed by atoms with Crippen LogP contribution in [-0.4, -0.2) is 16.7 Å². The van der Waals surface area contributed by atoms with E-state index in [1.165, 1.54) is 28.9 Å². The van der Waals surface area contributed by atoms with Gasteiger partial charge >= 0.3 is 0 Å². The lowest BCUT2D eigenvalue weighted by molar-refractivity contribution is 0.102. The van der Waals surface area contributed by atoms with E-state index in [2.05, 4.69) is 37.4 Å². The number of nitrogen functional groups attached to an aromatic ring is 1. The number of ketones is 1. The highest BCUT2D eigenvalue weighted by atomic mass is 32.1. The molecule has 37 heavy (non-hydrogen) atoms. The van der Waals surface area contributed by atoms with E-state index in [9.17, 15) is 9.59 Å². The number of hydrogen-bond acceptors (Lipinski definition) is 5. The number of thiophene rings is 1. The molecular formula is C31H31N3O2S. The zero-order chi connectivity index (χ0) is 25.9. The lowest BCUT2D eigenvalue weighted by Gasteiger charge is -2.06. The minimum absolute atomic E-state index is 0.0922. The van der Waals surface area contributed by atoms with Crippen molar-refractivity contribution in [3.63, 3.8) is 0 Å². The Balaban J connectivity index is 1.27. The molecule has 0 fully saturated rings. The number of benzene rings is 2. The van der Waals surface area contributed by atoms with Gasteiger partial charge in [-0.15, -0.1) is 11.3 Å². The minimum atomic E-state index is -0.264. The van der Waals surface area contributed by atoms with E-state index < -0.39 is 0 Å². The van der Waals surface area contributed by atoms with Crippen LogP contribution in [0.4, 0.5) is 11.4 Å². The van der Waals surface area contributed by atoms with Crippen LogP contribution in [0.25, 0.3) is 16.3 Å². The van der Waals surface area contributed by atoms with Crippen LogP contribution in [0.5, 0.6) is 0 Å². The lowest BCUT2D eigenvalue weighted by Crippen LogP contribution is -2.12. The summed E-state index contributed by atoms with van der Waals surface area (Å²) in [7, 11) is 0. The molecule has 6 heteroatoms. The molecule has 0 aliphatic heterocycles. The maximum absolute atomic E-state index is 13.0. The Morgan fingerprint density at radius 1 is 1.00 bits per heavy atom. The summed E-state index contributed by atoms with van der Waals surface area (Å²) in [6, 6.07) is 17.2. The van der Waals surface area contributed by atoms with Crippen LogP contribution < -0.4 is 11.1 Å². The molecule has 2 aromatic carbocycles. The average molecular weight is 510 g/mol. The van der Waals surface area contributed by atoms with E-state index >= 15 is 0 Å². The van der Waals surface area contributed by atoms with Crippen LogP contribution in [-0.2, 0) is 12.8 Å². The van der Waals surface area contributed by atoms with Gasteiger partial charge in [0.2, 0.25) is 0 Å². The maximum atomic E-state index is 13.0. The lowest BCUT2D eigenvalue weighted by atomic mass is 10.0. The third kappa shape index (κ3) is 5.49. The SMILES string of the molecule is CC(C)c1ccc(C=CC(=O)c2ccc(NC(=O)c3sc4nc5c(cc4c3N)CCCCC5)cc2)cc1. The molecule has 5 nitrogen and oxygen atoms in total. The summed E-state index contributed by atoms with van der Waals surface area (Å²) in [6.45, 7) is 4.31. The number of aromatic nitrogens is 1. The number of nitrogens with two attached hydrogens (primary N) is 1. The summed E-state index contributed by atoms with van der Waals surface area (Å²) in [6.07, 6.45) is 8.93. The largest absolute Gasteiger partial charge is 0.397 e. The zero-order valence-corrected chi connectivity index (χ0v) is 22.0. The van der Waals surface area contributed by atoms with E-state index in [1.807, 2.05) is 18.2 Å². The number of amides is 1. The molecule has 0 radical (unpaired) electrons. The van der Waals surface area contributed by atoms with Crippen LogP contribution >= 0.6 is 11.3 Å². The monoisotopic (exact) mass is 509 g/mol. The molecule has 0 saturated heterocycles. The van der Waals surface area contributed by atoms with Crippen molar-refractivity contribution in [3.05, 3.63) is 93.5 Å². The summed E-state index contributed by atoms with van der Waals surface area (Å²) in [5.41, 5.74) is 12.7. The molecule has 0 spiro atoms. The molecule has 5 rings (SSSR count). The third-order valence-corrected chi connectivity index (χ3v) is 8.03. The fourth-order valence-corrected chi connectivity index (χ4v) is 5.66. The Labute approximate surface area is 221 Å². The Hall–Kier alpha value is -3.77. The van der Waals surface area contributed by atoms with Gasteiger partial charge in [-0.1, -0.05) is 50.6 Å². The first-order chi connectivity index (χ1) is 17.9. The third-order valence-electron chi connectivity index (χ3n) is 6.91. The predicted molar refractivity (Wildman–Crippen MR) is 154 cm³/mol. The van der Waals surface area contributed by atoms with Gasteiger partial charge in [-0.25, -0.2) is 4.98 Å². The van der Waals surface area contributed by atoms with Crippen LogP contribution in [0.15, 0.2) is 60.7 Å². The number of carbonyl (C=O) groups excluding carboxylic acids is 2. The van der Waals surface area contributed by atoms with Crippen LogP contribution in [0.2, 0.25) is 0 Å². The molecule has 0 unspecified atom stereocenters. The fraction of sp³-hybridized carbons (Fsp3) is 0.258. The van der Waals surface area contributed by atoms with Gasteiger partial charge in [0.15, 0.2) is 5.78 Å². The summed E-state index contributed by atoms with van der Waals surface area (Å²) in [5, 5.41) is 3.78. The number of pyridine rings is 1. The summed E-state index contributed by atoms with van der Waals surface area (Å²) in [5.74, 6) is 0.116. The smallest absolute Gasteiger partial charge is 0.267 e. The van der Waals surface area contributed by atoms with Crippen LogP contribution in [0.1, 0.15) is 81.4 Å². The van der Waals surface area contributed by atoms with Gasteiger partial charge in [0, 0.05) is 22.3 Å². The molecule has 188 valence electrons. The van der Waals surface area contributed by atoms with Gasteiger partial charge in [-0.05, 0) is 84.7 Å². The highest BCUT2D eigenvalue weighted by Crippen LogP contribution is 2.35. The van der Waals surface area contributed by atoms with Crippen molar-refractivity contribution in [2.45, 2.75) is 51.9 Å². The Morgan fingerprint density at radius 2 is 1.73 bits per heavy atom. The molecule has 2 aromatic heterocycles. The number of nitrogens with one attached hydrogen (secondary N) is 1. The van der Waals surface area contributed by atoms with Gasteiger partial charge in [0.1, 0.15) is 9.71 Å². The Kier molecular flexibility index (Phi) is 7.19. The molecule has 1 aliphatic rings. The van der Waals surface area contributed by atoms with Crippen molar-refractivity contribution < 1.29 is 9.59 Å². The summed E-state index contributed by atoms with van der Waals surface area (Å²) >= 11 is 1.33. The van der Waals surface area contributed by atoms with E-state index in [1.54, 1.807) is 30.3 Å². The number of hydrogen-bond donors (Lipinski definition) is 2. The van der Waals surface area contributed by atoms with Crippen molar-refractivity contribution >= 4 is 50.7 Å². The number of rotatable bonds is 6. The standard InChI is InChI=1S/C31H31N3O2S/c1-19(2)21-11-8-20(9-12-21)10-17-27(35)22-13-15-24(16-14-22)33-30(36)29-28(32)25-18-23-6-4-3-5-7-26(23)34-31(25)37-29/h8-19H,3-7,32H2,1-2H3,(H,33,36). The van der Waals surface area contributed by atoms with Gasteiger partial charge in [-0.2, -0.15) is 0 Å². The zero-order valence-electron chi connectivity index (χ0n) is 21.2. The normalized spacial score (nSPS) is 13.6. The number of nitrogens with zero attached hydrogens (tertiary/aromatic N) is 1. The first kappa shape index (κ1) is 24.9. The van der Waals surface area contributed by atoms with E-state index in [0.29, 0.717) is 27.7 Å². The van der Waals surface area contributed by atoms with Gasteiger partial charge < -0.3 is 11.1 Å². The van der Waals surface area contributed by atoms with Crippen molar-refractivity contribution in [1.29, 1.82) is 0 Å². The Bertz CT molecular complexity index is 1480. The molecular weight excluding hydrogens is 478 g/mol. The highest BCUT2D eigenvalue weighted by Gasteiger charge is 2.20. The number of carbonyl (C=O) groups is 2. The van der Waals surface area contributed by atoms with Crippen LogP contribution in [0, 0.1) is 0 Å². The van der Waals surface area contributed by atoms with Crippen molar-refractivity contribution in [2.24, 2.45) is 0 Å². The summed E-state index contributed by atoms with van der Waals surface area (Å²) in [4.78, 5) is 31.8. The molecule has 0 atom stereocenters. The van der Waals surface area contributed by atoms with Gasteiger partial charge in [0.25, 0.3) is 5.91 Å². The second-order valence-corrected chi connectivity index (χ2v) is 10.9. The molecule has 1 aliphatic carbocycles. The van der Waals surface area contributed by atoms with E-state index in [0.717, 1.165) is 47.2 Å². The molecule has 1 amide bonds. The second-order valence-electron chi connectivity index (χ2n) is 9.90. The summed E-state index contributed by atoms with van der Waals surface area (Å²) < 4.78 is 0. The topological polar surface area (TPSA) is 85.1 Å².